The van der Waals surface area contributed by atoms with Gasteiger partial charge in [-0.15, -0.1) is 0 Å². The van der Waals surface area contributed by atoms with E-state index in [1.165, 1.54) is 14.2 Å². The first-order valence-corrected chi connectivity index (χ1v) is 13.2. The molecule has 8 nitrogen and oxygen atoms in total. The van der Waals surface area contributed by atoms with Crippen molar-refractivity contribution < 1.29 is 27.4 Å². The number of hydrogen-bond donors (Lipinski definition) is 1. The Kier molecular flexibility index (Phi) is 7.73. The molecule has 1 heterocycles. The molecule has 0 aliphatic heterocycles. The molecule has 4 aromatic rings. The summed E-state index contributed by atoms with van der Waals surface area (Å²) >= 11 is 0. The lowest BCUT2D eigenvalue weighted by Gasteiger charge is -2.17. The number of hydrogen-bond acceptors (Lipinski definition) is 7. The van der Waals surface area contributed by atoms with E-state index in [0.717, 1.165) is 28.5 Å². The Bertz CT molecular complexity index is 1520. The maximum absolute atomic E-state index is 13.3. The number of fused-ring (bicyclic) bond motifs is 1. The molecule has 1 N–H and O–H groups in total. The Morgan fingerprint density at radius 3 is 2.00 bits per heavy atom. The third-order valence-electron chi connectivity index (χ3n) is 6.20. The lowest BCUT2D eigenvalue weighted by atomic mass is 10.0. The first-order valence-electron chi connectivity index (χ1n) is 11.7. The number of anilines is 1. The van der Waals surface area contributed by atoms with Crippen molar-refractivity contribution in [2.45, 2.75) is 24.7 Å². The van der Waals surface area contributed by atoms with Gasteiger partial charge in [0.15, 0.2) is 23.0 Å². The summed E-state index contributed by atoms with van der Waals surface area (Å²) in [7, 11) is 2.34. The molecule has 1 aromatic heterocycles. The van der Waals surface area contributed by atoms with Crippen LogP contribution in [0.4, 0.5) is 5.69 Å². The quantitative estimate of drug-likeness (QED) is 0.305. The van der Waals surface area contributed by atoms with Gasteiger partial charge in [-0.25, -0.2) is 8.42 Å². The molecule has 0 aliphatic carbocycles. The number of nitrogens with zero attached hydrogens (tertiary/aromatic N) is 1. The predicted octanol–water partition coefficient (Wildman–Crippen LogP) is 5.22. The van der Waals surface area contributed by atoms with Crippen LogP contribution >= 0.6 is 0 Å². The molecule has 0 saturated carbocycles. The summed E-state index contributed by atoms with van der Waals surface area (Å²) in [5.41, 5.74) is 2.83. The summed E-state index contributed by atoms with van der Waals surface area (Å²) in [5, 5.41) is 1.78. The molecule has 0 saturated heterocycles. The molecule has 0 spiro atoms. The van der Waals surface area contributed by atoms with Gasteiger partial charge in [-0.1, -0.05) is 19.1 Å². The van der Waals surface area contributed by atoms with Crippen molar-refractivity contribution in [3.63, 3.8) is 0 Å². The summed E-state index contributed by atoms with van der Waals surface area (Å²) in [5.74, 6) is 2.07. The zero-order valence-corrected chi connectivity index (χ0v) is 22.3. The van der Waals surface area contributed by atoms with Crippen LogP contribution in [0.3, 0.4) is 0 Å². The summed E-state index contributed by atoms with van der Waals surface area (Å²) in [6.45, 7) is 2.02. The van der Waals surface area contributed by atoms with E-state index < -0.39 is 10.0 Å². The number of pyridine rings is 1. The van der Waals surface area contributed by atoms with Gasteiger partial charge in [0.05, 0.1) is 44.7 Å². The van der Waals surface area contributed by atoms with Crippen LogP contribution in [0.25, 0.3) is 10.8 Å². The van der Waals surface area contributed by atoms with E-state index in [9.17, 15) is 8.42 Å². The number of ether oxygens (including phenoxy) is 4. The third kappa shape index (κ3) is 5.41. The molecule has 0 atom stereocenters. The van der Waals surface area contributed by atoms with Crippen LogP contribution in [0.2, 0.25) is 0 Å². The van der Waals surface area contributed by atoms with Gasteiger partial charge in [-0.2, -0.15) is 0 Å². The van der Waals surface area contributed by atoms with E-state index in [2.05, 4.69) is 9.71 Å². The highest BCUT2D eigenvalue weighted by atomic mass is 32.2. The Morgan fingerprint density at radius 2 is 1.38 bits per heavy atom. The number of rotatable bonds is 10. The van der Waals surface area contributed by atoms with Gasteiger partial charge in [0.2, 0.25) is 0 Å². The first kappa shape index (κ1) is 26.1. The second-order valence-corrected chi connectivity index (χ2v) is 10.0. The van der Waals surface area contributed by atoms with E-state index in [4.69, 9.17) is 18.9 Å². The minimum atomic E-state index is -3.86. The van der Waals surface area contributed by atoms with Gasteiger partial charge in [-0.3, -0.25) is 9.71 Å². The normalized spacial score (nSPS) is 11.3. The molecule has 3 aromatic carbocycles. The van der Waals surface area contributed by atoms with Crippen LogP contribution in [0.15, 0.2) is 65.7 Å². The summed E-state index contributed by atoms with van der Waals surface area (Å²) in [6, 6.07) is 15.9. The smallest absolute Gasteiger partial charge is 0.261 e. The molecule has 194 valence electrons. The molecule has 0 bridgehead atoms. The fourth-order valence-electron chi connectivity index (χ4n) is 4.15. The van der Waals surface area contributed by atoms with Crippen molar-refractivity contribution >= 4 is 26.5 Å². The topological polar surface area (TPSA) is 96.0 Å². The van der Waals surface area contributed by atoms with Gasteiger partial charge in [-0.05, 0) is 59.3 Å². The molecule has 0 unspecified atom stereocenters. The molecule has 4 rings (SSSR count). The van der Waals surface area contributed by atoms with Crippen LogP contribution in [0.5, 0.6) is 23.0 Å². The Hall–Kier alpha value is -3.98. The van der Waals surface area contributed by atoms with Crippen molar-refractivity contribution in [3.8, 4) is 23.0 Å². The molecular weight excluding hydrogens is 492 g/mol. The molecule has 0 aliphatic rings. The number of aromatic nitrogens is 1. The monoisotopic (exact) mass is 522 g/mol. The number of aryl methyl sites for hydroxylation is 1. The van der Waals surface area contributed by atoms with E-state index in [-0.39, 0.29) is 4.90 Å². The van der Waals surface area contributed by atoms with Crippen LogP contribution < -0.4 is 23.7 Å². The van der Waals surface area contributed by atoms with Gasteiger partial charge >= 0.3 is 0 Å². The standard InChI is InChI=1S/C28H30N2O6S/c1-6-18-7-9-21(10-8-18)37(31,32)30-23-17-28(36-5)26(34-3)15-20(23)13-24-22-16-27(35-4)25(33-2)14-19(22)11-12-29-24/h7-12,14-17,30H,6,13H2,1-5H3. The molecule has 0 amide bonds. The zero-order chi connectivity index (χ0) is 26.6. The van der Waals surface area contributed by atoms with E-state index >= 15 is 0 Å². The Labute approximate surface area is 217 Å². The van der Waals surface area contributed by atoms with Crippen molar-refractivity contribution in [1.82, 2.24) is 4.98 Å². The number of sulfonamides is 1. The highest BCUT2D eigenvalue weighted by molar-refractivity contribution is 7.92. The maximum Gasteiger partial charge on any atom is 0.261 e. The van der Waals surface area contributed by atoms with Crippen molar-refractivity contribution in [2.75, 3.05) is 33.2 Å². The lowest BCUT2D eigenvalue weighted by Crippen LogP contribution is -2.15. The minimum absolute atomic E-state index is 0.172. The molecule has 9 heteroatoms. The van der Waals surface area contributed by atoms with Crippen LogP contribution in [-0.2, 0) is 22.9 Å². The maximum atomic E-state index is 13.3. The van der Waals surface area contributed by atoms with Crippen LogP contribution in [0, 0.1) is 0 Å². The average molecular weight is 523 g/mol. The largest absolute Gasteiger partial charge is 0.493 e. The Morgan fingerprint density at radius 1 is 0.784 bits per heavy atom. The first-order chi connectivity index (χ1) is 17.8. The number of methoxy groups -OCH3 is 4. The summed E-state index contributed by atoms with van der Waals surface area (Å²) in [4.78, 5) is 4.77. The van der Waals surface area contributed by atoms with E-state index in [1.807, 2.05) is 37.3 Å². The molecule has 37 heavy (non-hydrogen) atoms. The fraction of sp³-hybridized carbons (Fsp3) is 0.250. The van der Waals surface area contributed by atoms with Gasteiger partial charge < -0.3 is 18.9 Å². The van der Waals surface area contributed by atoms with Crippen molar-refractivity contribution in [3.05, 3.63) is 77.6 Å². The Balaban J connectivity index is 1.81. The van der Waals surface area contributed by atoms with Gasteiger partial charge in [0.25, 0.3) is 10.0 Å². The molecule has 0 radical (unpaired) electrons. The fourth-order valence-corrected chi connectivity index (χ4v) is 5.24. The van der Waals surface area contributed by atoms with Gasteiger partial charge in [0, 0.05) is 24.1 Å². The average Bonchev–Trinajstić information content (AvgIpc) is 2.92. The zero-order valence-electron chi connectivity index (χ0n) is 21.5. The number of benzene rings is 3. The molecular formula is C28H30N2O6S. The van der Waals surface area contributed by atoms with Crippen LogP contribution in [0.1, 0.15) is 23.7 Å². The minimum Gasteiger partial charge on any atom is -0.493 e. The second-order valence-electron chi connectivity index (χ2n) is 8.33. The van der Waals surface area contributed by atoms with E-state index in [1.54, 1.807) is 44.7 Å². The predicted molar refractivity (Wildman–Crippen MR) is 144 cm³/mol. The SMILES string of the molecule is CCc1ccc(S(=O)(=O)Nc2cc(OC)c(OC)cc2Cc2nccc3cc(OC)c(OC)cc23)cc1. The highest BCUT2D eigenvalue weighted by Crippen LogP contribution is 2.38. The third-order valence-corrected chi connectivity index (χ3v) is 7.59. The van der Waals surface area contributed by atoms with Gasteiger partial charge in [0.1, 0.15) is 0 Å². The second kappa shape index (κ2) is 11.0. The summed E-state index contributed by atoms with van der Waals surface area (Å²) < 4.78 is 51.2. The lowest BCUT2D eigenvalue weighted by molar-refractivity contribution is 0.355. The molecule has 0 fully saturated rings. The summed E-state index contributed by atoms with van der Waals surface area (Å²) in [6.07, 6.45) is 2.85. The van der Waals surface area contributed by atoms with Crippen molar-refractivity contribution in [2.24, 2.45) is 0 Å². The van der Waals surface area contributed by atoms with Crippen molar-refractivity contribution in [1.29, 1.82) is 0 Å². The number of nitrogens with one attached hydrogen (secondary N) is 1. The van der Waals surface area contributed by atoms with E-state index in [0.29, 0.717) is 40.7 Å². The highest BCUT2D eigenvalue weighted by Gasteiger charge is 2.20. The van der Waals surface area contributed by atoms with Crippen LogP contribution in [-0.4, -0.2) is 41.8 Å².